The third kappa shape index (κ3) is 5.02. The molecular formula is C4H10N2O5S. The Bertz CT molecular complexity index is 248. The van der Waals surface area contributed by atoms with Crippen LogP contribution in [0.5, 0.6) is 0 Å². The Labute approximate surface area is 69.4 Å². The second kappa shape index (κ2) is 4.36. The van der Waals surface area contributed by atoms with Gasteiger partial charge in [-0.3, -0.25) is 4.79 Å². The Morgan fingerprint density at radius 1 is 1.58 bits per heavy atom. The van der Waals surface area contributed by atoms with E-state index in [0.717, 1.165) is 0 Å². The molecule has 0 bridgehead atoms. The van der Waals surface area contributed by atoms with Gasteiger partial charge in [0, 0.05) is 6.61 Å². The summed E-state index contributed by atoms with van der Waals surface area (Å²) in [6.45, 7) is -0.431. The van der Waals surface area contributed by atoms with Crippen LogP contribution in [0.1, 0.15) is 6.42 Å². The molecule has 12 heavy (non-hydrogen) atoms. The maximum Gasteiger partial charge on any atom is 0.321 e. The molecule has 0 saturated carbocycles. The molecule has 0 aliphatic carbocycles. The molecule has 0 radical (unpaired) electrons. The number of aliphatic carboxylic acids is 1. The fourth-order valence-corrected chi connectivity index (χ4v) is 1.18. The number of rotatable bonds is 5. The van der Waals surface area contributed by atoms with Crippen LogP contribution in [0.15, 0.2) is 0 Å². The van der Waals surface area contributed by atoms with Crippen LogP contribution in [0.3, 0.4) is 0 Å². The van der Waals surface area contributed by atoms with E-state index in [1.807, 2.05) is 0 Å². The highest BCUT2D eigenvalue weighted by atomic mass is 32.2. The third-order valence-electron chi connectivity index (χ3n) is 1.02. The van der Waals surface area contributed by atoms with E-state index < -0.39 is 28.8 Å². The molecule has 0 spiro atoms. The molecule has 1 atom stereocenters. The molecule has 8 heteroatoms. The molecule has 0 fully saturated rings. The van der Waals surface area contributed by atoms with E-state index in [4.69, 9.17) is 10.2 Å². The van der Waals surface area contributed by atoms with Crippen LogP contribution >= 0.6 is 0 Å². The first kappa shape index (κ1) is 11.3. The first-order valence-corrected chi connectivity index (χ1v) is 4.55. The van der Waals surface area contributed by atoms with Crippen molar-refractivity contribution in [1.82, 2.24) is 4.72 Å². The first-order valence-electron chi connectivity index (χ1n) is 3.00. The number of nitrogens with one attached hydrogen (secondary N) is 1. The van der Waals surface area contributed by atoms with Crippen molar-refractivity contribution in [1.29, 1.82) is 0 Å². The molecule has 0 saturated heterocycles. The summed E-state index contributed by atoms with van der Waals surface area (Å²) in [7, 11) is -4.03. The van der Waals surface area contributed by atoms with Crippen LogP contribution in [-0.2, 0) is 15.0 Å². The summed E-state index contributed by atoms with van der Waals surface area (Å²) < 4.78 is 22.3. The lowest BCUT2D eigenvalue weighted by atomic mass is 10.2. The van der Waals surface area contributed by atoms with Crippen LogP contribution in [0.25, 0.3) is 0 Å². The Balaban J connectivity index is 4.24. The Morgan fingerprint density at radius 3 is 2.33 bits per heavy atom. The maximum atomic E-state index is 10.3. The second-order valence-electron chi connectivity index (χ2n) is 2.07. The van der Waals surface area contributed by atoms with Gasteiger partial charge in [-0.05, 0) is 6.42 Å². The minimum atomic E-state index is -4.03. The molecule has 0 aliphatic heterocycles. The number of hydrogen-bond acceptors (Lipinski definition) is 4. The number of hydrogen-bond donors (Lipinski definition) is 4. The van der Waals surface area contributed by atoms with Crippen LogP contribution in [0.4, 0.5) is 0 Å². The molecule has 7 nitrogen and oxygen atoms in total. The zero-order chi connectivity index (χ0) is 9.78. The van der Waals surface area contributed by atoms with E-state index in [0.29, 0.717) is 0 Å². The quantitative estimate of drug-likeness (QED) is 0.391. The van der Waals surface area contributed by atoms with E-state index >= 15 is 0 Å². The molecule has 0 aromatic rings. The van der Waals surface area contributed by atoms with Gasteiger partial charge in [0.05, 0.1) is 0 Å². The van der Waals surface area contributed by atoms with Crippen molar-refractivity contribution in [2.45, 2.75) is 12.5 Å². The smallest absolute Gasteiger partial charge is 0.321 e. The molecule has 0 aromatic heterocycles. The Morgan fingerprint density at radius 2 is 2.08 bits per heavy atom. The summed E-state index contributed by atoms with van der Waals surface area (Å²) in [5.41, 5.74) is 0. The van der Waals surface area contributed by atoms with Gasteiger partial charge in [0.25, 0.3) is 10.2 Å². The van der Waals surface area contributed by atoms with Crippen molar-refractivity contribution in [3.8, 4) is 0 Å². The number of carbonyl (C=O) groups is 1. The van der Waals surface area contributed by atoms with E-state index in [9.17, 15) is 13.2 Å². The zero-order valence-corrected chi connectivity index (χ0v) is 6.91. The maximum absolute atomic E-state index is 10.3. The topological polar surface area (TPSA) is 130 Å². The average Bonchev–Trinajstić information content (AvgIpc) is 1.83. The van der Waals surface area contributed by atoms with Crippen molar-refractivity contribution in [3.05, 3.63) is 0 Å². The summed E-state index contributed by atoms with van der Waals surface area (Å²) in [6, 6.07) is -1.37. The predicted octanol–water partition coefficient (Wildman–Crippen LogP) is -2.38. The molecule has 0 heterocycles. The average molecular weight is 198 g/mol. The zero-order valence-electron chi connectivity index (χ0n) is 6.10. The fourth-order valence-electron chi connectivity index (χ4n) is 0.560. The van der Waals surface area contributed by atoms with Gasteiger partial charge >= 0.3 is 5.97 Å². The summed E-state index contributed by atoms with van der Waals surface area (Å²) >= 11 is 0. The normalized spacial score (nSPS) is 14.2. The van der Waals surface area contributed by atoms with E-state index in [2.05, 4.69) is 5.14 Å². The van der Waals surface area contributed by atoms with Gasteiger partial charge in [-0.1, -0.05) is 0 Å². The molecule has 0 amide bonds. The summed E-state index contributed by atoms with van der Waals surface area (Å²) in [5.74, 6) is -1.38. The van der Waals surface area contributed by atoms with Crippen LogP contribution in [-0.4, -0.2) is 37.2 Å². The number of carboxylic acids is 1. The van der Waals surface area contributed by atoms with Gasteiger partial charge in [0.1, 0.15) is 6.04 Å². The van der Waals surface area contributed by atoms with E-state index in [1.54, 1.807) is 4.72 Å². The number of carboxylic acid groups (broad SMARTS) is 1. The van der Waals surface area contributed by atoms with Crippen LogP contribution < -0.4 is 9.86 Å². The van der Waals surface area contributed by atoms with Gasteiger partial charge in [-0.25, -0.2) is 5.14 Å². The van der Waals surface area contributed by atoms with Gasteiger partial charge in [-0.15, -0.1) is 0 Å². The monoisotopic (exact) mass is 198 g/mol. The minimum Gasteiger partial charge on any atom is -0.480 e. The molecule has 72 valence electrons. The highest BCUT2D eigenvalue weighted by Crippen LogP contribution is 1.91. The number of aliphatic hydroxyl groups excluding tert-OH is 1. The van der Waals surface area contributed by atoms with Crippen molar-refractivity contribution in [2.24, 2.45) is 5.14 Å². The highest BCUT2D eigenvalue weighted by Gasteiger charge is 2.20. The molecular weight excluding hydrogens is 188 g/mol. The van der Waals surface area contributed by atoms with Gasteiger partial charge < -0.3 is 10.2 Å². The first-order chi connectivity index (χ1) is 5.37. The van der Waals surface area contributed by atoms with E-state index in [-0.39, 0.29) is 6.42 Å². The minimum absolute atomic E-state index is 0.217. The van der Waals surface area contributed by atoms with Crippen molar-refractivity contribution in [3.63, 3.8) is 0 Å². The lowest BCUT2D eigenvalue weighted by Gasteiger charge is -2.09. The lowest BCUT2D eigenvalue weighted by Crippen LogP contribution is -2.44. The highest BCUT2D eigenvalue weighted by molar-refractivity contribution is 7.87. The summed E-state index contributed by atoms with van der Waals surface area (Å²) in [4.78, 5) is 10.3. The van der Waals surface area contributed by atoms with E-state index in [1.165, 1.54) is 0 Å². The number of nitrogens with two attached hydrogens (primary N) is 1. The number of aliphatic hydroxyl groups is 1. The molecule has 0 rings (SSSR count). The molecule has 0 unspecified atom stereocenters. The van der Waals surface area contributed by atoms with Crippen LogP contribution in [0.2, 0.25) is 0 Å². The second-order valence-corrected chi connectivity index (χ2v) is 3.39. The Kier molecular flexibility index (Phi) is 4.10. The van der Waals surface area contributed by atoms with Crippen molar-refractivity contribution in [2.75, 3.05) is 6.61 Å². The summed E-state index contributed by atoms with van der Waals surface area (Å²) in [5, 5.41) is 21.2. The molecule has 5 N–H and O–H groups in total. The largest absolute Gasteiger partial charge is 0.480 e. The van der Waals surface area contributed by atoms with Gasteiger partial charge in [-0.2, -0.15) is 13.1 Å². The predicted molar refractivity (Wildman–Crippen MR) is 39.4 cm³/mol. The van der Waals surface area contributed by atoms with Gasteiger partial charge in [0.15, 0.2) is 0 Å². The van der Waals surface area contributed by atoms with Crippen molar-refractivity contribution < 1.29 is 23.4 Å². The summed E-state index contributed by atoms with van der Waals surface area (Å²) in [6.07, 6.45) is -0.217. The lowest BCUT2D eigenvalue weighted by molar-refractivity contribution is -0.139. The van der Waals surface area contributed by atoms with Crippen molar-refractivity contribution >= 4 is 16.2 Å². The molecule has 0 aliphatic rings. The fraction of sp³-hybridized carbons (Fsp3) is 0.750. The van der Waals surface area contributed by atoms with Gasteiger partial charge in [0.2, 0.25) is 0 Å². The molecule has 0 aromatic carbocycles. The standard InChI is InChI=1S/C4H10N2O5S/c5-12(10,11)6-3(1-2-7)4(8)9/h3,6-7H,1-2H2,(H,8,9)(H2,5,10,11)/t3-/m0/s1. The SMILES string of the molecule is NS(=O)(=O)N[C@@H](CCO)C(=O)O. The Hall–Kier alpha value is -0.700. The third-order valence-corrected chi connectivity index (χ3v) is 1.64. The van der Waals surface area contributed by atoms with Crippen LogP contribution in [0, 0.1) is 0 Å².